The molecule has 0 saturated carbocycles. The first kappa shape index (κ1) is 23.7. The van der Waals surface area contributed by atoms with Crippen LogP contribution in [0.3, 0.4) is 0 Å². The van der Waals surface area contributed by atoms with Crippen LogP contribution in [-0.2, 0) is 25.1 Å². The highest BCUT2D eigenvalue weighted by molar-refractivity contribution is 5.90. The number of phenols is 1. The predicted octanol–water partition coefficient (Wildman–Crippen LogP) is 3.62. The summed E-state index contributed by atoms with van der Waals surface area (Å²) in [6.07, 6.45) is -1.14. The van der Waals surface area contributed by atoms with E-state index < -0.39 is 18.0 Å². The van der Waals surface area contributed by atoms with Crippen LogP contribution in [-0.4, -0.2) is 41.5 Å². The van der Waals surface area contributed by atoms with E-state index in [1.165, 1.54) is 6.92 Å². The van der Waals surface area contributed by atoms with Gasteiger partial charge in [-0.1, -0.05) is 48.1 Å². The second kappa shape index (κ2) is 8.78. The number of ether oxygens (including phenoxy) is 2. The van der Waals surface area contributed by atoms with Crippen LogP contribution in [0.4, 0.5) is 0 Å². The van der Waals surface area contributed by atoms with Gasteiger partial charge in [-0.05, 0) is 29.9 Å². The van der Waals surface area contributed by atoms with Crippen molar-refractivity contribution in [2.75, 3.05) is 13.2 Å². The molecule has 1 unspecified atom stereocenters. The van der Waals surface area contributed by atoms with Gasteiger partial charge in [0.1, 0.15) is 25.1 Å². The molecule has 156 valence electrons. The highest BCUT2D eigenvalue weighted by Crippen LogP contribution is 2.39. The molecule has 0 bridgehead atoms. The third-order valence-corrected chi connectivity index (χ3v) is 4.12. The van der Waals surface area contributed by atoms with E-state index in [1.807, 2.05) is 41.5 Å². The van der Waals surface area contributed by atoms with Gasteiger partial charge >= 0.3 is 11.9 Å². The molecule has 1 atom stereocenters. The van der Waals surface area contributed by atoms with Crippen molar-refractivity contribution in [2.24, 2.45) is 0 Å². The Bertz CT molecular complexity index is 714. The average Bonchev–Trinajstić information content (AvgIpc) is 2.55. The molecular weight excluding hydrogens is 360 g/mol. The summed E-state index contributed by atoms with van der Waals surface area (Å²) in [7, 11) is 0. The predicted molar refractivity (Wildman–Crippen MR) is 108 cm³/mol. The maximum Gasteiger partial charge on any atom is 0.338 e. The lowest BCUT2D eigenvalue weighted by atomic mass is 9.78. The standard InChI is InChI=1S/C22H32O6/c1-13(2)19(25)27-11-15(23)12-28-20(26)14-9-16(21(3,4)5)18(24)17(10-14)22(6,7)8/h9-10,15,23-24H,1,11-12H2,2-8H3. The molecule has 0 amide bonds. The van der Waals surface area contributed by atoms with Crippen LogP contribution >= 0.6 is 0 Å². The van der Waals surface area contributed by atoms with Gasteiger partial charge in [-0.15, -0.1) is 0 Å². The normalized spacial score (nSPS) is 13.0. The molecule has 1 aromatic carbocycles. The summed E-state index contributed by atoms with van der Waals surface area (Å²) in [6, 6.07) is 3.22. The summed E-state index contributed by atoms with van der Waals surface area (Å²) in [5.74, 6) is -1.07. The molecular formula is C22H32O6. The van der Waals surface area contributed by atoms with Crippen molar-refractivity contribution in [3.05, 3.63) is 41.0 Å². The molecule has 0 aliphatic rings. The van der Waals surface area contributed by atoms with E-state index >= 15 is 0 Å². The number of aliphatic hydroxyl groups excluding tert-OH is 1. The minimum absolute atomic E-state index is 0.170. The molecule has 6 nitrogen and oxygen atoms in total. The first-order valence-corrected chi connectivity index (χ1v) is 9.20. The Hall–Kier alpha value is -2.34. The number of benzene rings is 1. The highest BCUT2D eigenvalue weighted by Gasteiger charge is 2.28. The van der Waals surface area contributed by atoms with Crippen LogP contribution in [0.15, 0.2) is 24.3 Å². The van der Waals surface area contributed by atoms with Crippen LogP contribution < -0.4 is 0 Å². The molecule has 0 radical (unpaired) electrons. The van der Waals surface area contributed by atoms with Gasteiger partial charge in [0.05, 0.1) is 5.56 Å². The van der Waals surface area contributed by atoms with E-state index in [2.05, 4.69) is 6.58 Å². The Morgan fingerprint density at radius 3 is 1.82 bits per heavy atom. The van der Waals surface area contributed by atoms with Crippen molar-refractivity contribution in [3.63, 3.8) is 0 Å². The van der Waals surface area contributed by atoms with Gasteiger partial charge < -0.3 is 19.7 Å². The second-order valence-electron chi connectivity index (χ2n) is 9.05. The number of aromatic hydroxyl groups is 1. The maximum absolute atomic E-state index is 12.5. The van der Waals surface area contributed by atoms with Gasteiger partial charge in [-0.3, -0.25) is 0 Å². The van der Waals surface area contributed by atoms with Gasteiger partial charge in [0.2, 0.25) is 0 Å². The summed E-state index contributed by atoms with van der Waals surface area (Å²) in [5, 5.41) is 20.6. The van der Waals surface area contributed by atoms with Crippen molar-refractivity contribution in [1.29, 1.82) is 0 Å². The molecule has 0 aromatic heterocycles. The quantitative estimate of drug-likeness (QED) is 0.567. The number of hydrogen-bond donors (Lipinski definition) is 2. The Kier molecular flexibility index (Phi) is 7.43. The molecule has 0 spiro atoms. The number of aliphatic hydroxyl groups is 1. The van der Waals surface area contributed by atoms with E-state index in [4.69, 9.17) is 9.47 Å². The zero-order chi connectivity index (χ0) is 21.9. The van der Waals surface area contributed by atoms with Crippen LogP contribution in [0.25, 0.3) is 0 Å². The Labute approximate surface area is 167 Å². The molecule has 1 rings (SSSR count). The molecule has 28 heavy (non-hydrogen) atoms. The van der Waals surface area contributed by atoms with E-state index in [0.29, 0.717) is 16.7 Å². The van der Waals surface area contributed by atoms with Crippen molar-refractivity contribution >= 4 is 11.9 Å². The summed E-state index contributed by atoms with van der Waals surface area (Å²) >= 11 is 0. The van der Waals surface area contributed by atoms with Crippen LogP contribution in [0.5, 0.6) is 5.75 Å². The lowest BCUT2D eigenvalue weighted by molar-refractivity contribution is -0.142. The lowest BCUT2D eigenvalue weighted by Gasteiger charge is -2.28. The van der Waals surface area contributed by atoms with Crippen LogP contribution in [0, 0.1) is 0 Å². The molecule has 0 saturated heterocycles. The van der Waals surface area contributed by atoms with Gasteiger partial charge in [0, 0.05) is 16.7 Å². The number of rotatable bonds is 6. The Morgan fingerprint density at radius 1 is 1.00 bits per heavy atom. The first-order chi connectivity index (χ1) is 12.6. The fourth-order valence-corrected chi connectivity index (χ4v) is 2.49. The topological polar surface area (TPSA) is 93.1 Å². The van der Waals surface area contributed by atoms with Gasteiger partial charge in [-0.25, -0.2) is 9.59 Å². The van der Waals surface area contributed by atoms with Crippen molar-refractivity contribution in [2.45, 2.75) is 65.4 Å². The summed E-state index contributed by atoms with van der Waals surface area (Å²) in [5.41, 5.74) is 1.04. The van der Waals surface area contributed by atoms with E-state index in [-0.39, 0.29) is 35.4 Å². The molecule has 1 aromatic rings. The second-order valence-corrected chi connectivity index (χ2v) is 9.05. The molecule has 2 N–H and O–H groups in total. The number of esters is 2. The number of phenolic OH excluding ortho intramolecular Hbond substituents is 1. The van der Waals surface area contributed by atoms with Crippen LogP contribution in [0.1, 0.15) is 70.0 Å². The van der Waals surface area contributed by atoms with Crippen LogP contribution in [0.2, 0.25) is 0 Å². The minimum atomic E-state index is -1.14. The van der Waals surface area contributed by atoms with Gasteiger partial charge in [0.15, 0.2) is 0 Å². The number of carbonyl (C=O) groups is 2. The number of hydrogen-bond acceptors (Lipinski definition) is 6. The highest BCUT2D eigenvalue weighted by atomic mass is 16.6. The Morgan fingerprint density at radius 2 is 1.43 bits per heavy atom. The average molecular weight is 392 g/mol. The smallest absolute Gasteiger partial charge is 0.338 e. The third-order valence-electron chi connectivity index (χ3n) is 4.12. The van der Waals surface area contributed by atoms with Crippen molar-refractivity contribution < 1.29 is 29.3 Å². The van der Waals surface area contributed by atoms with Crippen molar-refractivity contribution in [1.82, 2.24) is 0 Å². The monoisotopic (exact) mass is 392 g/mol. The van der Waals surface area contributed by atoms with Gasteiger partial charge in [-0.2, -0.15) is 0 Å². The van der Waals surface area contributed by atoms with Crippen molar-refractivity contribution in [3.8, 4) is 5.75 Å². The molecule has 0 heterocycles. The van der Waals surface area contributed by atoms with E-state index in [9.17, 15) is 19.8 Å². The Balaban J connectivity index is 2.99. The largest absolute Gasteiger partial charge is 0.507 e. The lowest BCUT2D eigenvalue weighted by Crippen LogP contribution is -2.26. The summed E-state index contributed by atoms with van der Waals surface area (Å²) < 4.78 is 10.0. The zero-order valence-electron chi connectivity index (χ0n) is 17.9. The minimum Gasteiger partial charge on any atom is -0.507 e. The zero-order valence-corrected chi connectivity index (χ0v) is 17.9. The molecule has 0 fully saturated rings. The molecule has 0 aliphatic carbocycles. The SMILES string of the molecule is C=C(C)C(=O)OCC(O)COC(=O)c1cc(C(C)(C)C)c(O)c(C(C)(C)C)c1. The molecule has 0 aliphatic heterocycles. The first-order valence-electron chi connectivity index (χ1n) is 9.20. The van der Waals surface area contributed by atoms with E-state index in [1.54, 1.807) is 12.1 Å². The molecule has 6 heteroatoms. The van der Waals surface area contributed by atoms with E-state index in [0.717, 1.165) is 0 Å². The maximum atomic E-state index is 12.5. The fraction of sp³-hybridized carbons (Fsp3) is 0.545. The summed E-state index contributed by atoms with van der Waals surface area (Å²) in [6.45, 7) is 16.0. The van der Waals surface area contributed by atoms with Gasteiger partial charge in [0.25, 0.3) is 0 Å². The third kappa shape index (κ3) is 6.37. The number of carbonyl (C=O) groups excluding carboxylic acids is 2. The summed E-state index contributed by atoms with van der Waals surface area (Å²) in [4.78, 5) is 23.9. The fourth-order valence-electron chi connectivity index (χ4n) is 2.49.